The van der Waals surface area contributed by atoms with Gasteiger partial charge in [-0.1, -0.05) is 0 Å². The average molecular weight is 1170 g/mol. The van der Waals surface area contributed by atoms with E-state index < -0.39 is 0 Å². The van der Waals surface area contributed by atoms with Gasteiger partial charge in [0, 0.05) is 51.4 Å². The van der Waals surface area contributed by atoms with Crippen LogP contribution in [0.15, 0.2) is 0 Å². The van der Waals surface area contributed by atoms with Crippen LogP contribution in [-0.4, -0.2) is 138 Å². The normalized spacial score (nSPS) is 19.3. The van der Waals surface area contributed by atoms with Crippen LogP contribution in [-0.2, 0) is 95.3 Å². The summed E-state index contributed by atoms with van der Waals surface area (Å²) in [6.45, 7) is 3.02. The van der Waals surface area contributed by atoms with Crippen LogP contribution < -0.4 is 0 Å². The molecule has 0 aromatic heterocycles. The molecule has 0 aromatic carbocycles. The Kier molecular flexibility index (Phi) is 37.9. The van der Waals surface area contributed by atoms with Crippen LogP contribution >= 0.6 is 0 Å². The predicted molar refractivity (Wildman–Crippen MR) is 298 cm³/mol. The summed E-state index contributed by atoms with van der Waals surface area (Å²) >= 11 is 0. The molecule has 2 saturated carbocycles. The first kappa shape index (κ1) is 69.6. The van der Waals surface area contributed by atoms with Gasteiger partial charge in [0.15, 0.2) is 0 Å². The Bertz CT molecular complexity index is 1860. The molecule has 20 nitrogen and oxygen atoms in total. The van der Waals surface area contributed by atoms with Crippen molar-refractivity contribution in [3.8, 4) is 0 Å². The summed E-state index contributed by atoms with van der Waals surface area (Å²) in [4.78, 5) is 109. The topological polar surface area (TPSA) is 262 Å². The number of fused-ring (bicyclic) bond motifs is 2. The monoisotopic (exact) mass is 1160 g/mol. The number of rotatable bonds is 51. The second-order valence-corrected chi connectivity index (χ2v) is 22.5. The van der Waals surface area contributed by atoms with Crippen LogP contribution in [0.3, 0.4) is 0 Å². The first-order chi connectivity index (χ1) is 39.9. The first-order valence-electron chi connectivity index (χ1n) is 31.7. The van der Waals surface area contributed by atoms with Crippen molar-refractivity contribution in [2.24, 2.45) is 11.8 Å². The van der Waals surface area contributed by atoms with Gasteiger partial charge in [-0.05, 0) is 199 Å². The smallest absolute Gasteiger partial charge is 0.309 e. The molecule has 0 bridgehead atoms. The fourth-order valence-corrected chi connectivity index (χ4v) is 10.0. The van der Waals surface area contributed by atoms with Gasteiger partial charge in [-0.25, -0.2) is 0 Å². The number of hydrogen-bond acceptors (Lipinski definition) is 20. The maximum atomic E-state index is 12.2. The summed E-state index contributed by atoms with van der Waals surface area (Å²) in [6.07, 6.45) is 26.3. The van der Waals surface area contributed by atoms with Crippen molar-refractivity contribution in [3.63, 3.8) is 0 Å². The number of carbonyl (C=O) groups excluding carboxylic acids is 9. The zero-order valence-electron chi connectivity index (χ0n) is 49.4. The van der Waals surface area contributed by atoms with Crippen molar-refractivity contribution in [2.45, 2.75) is 268 Å². The highest BCUT2D eigenvalue weighted by atomic mass is 16.6. The third-order valence-electron chi connectivity index (χ3n) is 15.2. The van der Waals surface area contributed by atoms with Crippen LogP contribution in [0.2, 0.25) is 0 Å². The molecule has 0 spiro atoms. The molecule has 2 aliphatic heterocycles. The molecule has 6 atom stereocenters. The Morgan fingerprint density at radius 1 is 0.256 bits per heavy atom. The molecule has 4 rings (SSSR count). The van der Waals surface area contributed by atoms with Gasteiger partial charge in [-0.3, -0.25) is 43.2 Å². The number of ether oxygens (including phenoxy) is 11. The van der Waals surface area contributed by atoms with Crippen molar-refractivity contribution in [2.75, 3.05) is 59.5 Å². The third-order valence-corrected chi connectivity index (χ3v) is 15.2. The highest BCUT2D eigenvalue weighted by molar-refractivity contribution is 5.73. The molecule has 0 N–H and O–H groups in total. The quantitative estimate of drug-likeness (QED) is 0.0237. The second-order valence-electron chi connectivity index (χ2n) is 22.5. The lowest BCUT2D eigenvalue weighted by atomic mass is 9.89. The number of epoxide rings is 2. The van der Waals surface area contributed by atoms with Gasteiger partial charge in [-0.2, -0.15) is 0 Å². The van der Waals surface area contributed by atoms with E-state index in [0.717, 1.165) is 96.3 Å². The molecule has 468 valence electrons. The highest BCUT2D eigenvalue weighted by Gasteiger charge is 2.46. The van der Waals surface area contributed by atoms with Crippen LogP contribution in [0.4, 0.5) is 0 Å². The lowest BCUT2D eigenvalue weighted by Crippen LogP contribution is -2.24. The molecule has 4 fully saturated rings. The summed E-state index contributed by atoms with van der Waals surface area (Å²) in [5.74, 6) is -1.74. The zero-order valence-corrected chi connectivity index (χ0v) is 49.4. The van der Waals surface area contributed by atoms with Crippen LogP contribution in [0, 0.1) is 11.8 Å². The van der Waals surface area contributed by atoms with Gasteiger partial charge >= 0.3 is 53.7 Å². The predicted octanol–water partition coefficient (Wildman–Crippen LogP) is 10.5. The van der Waals surface area contributed by atoms with Crippen molar-refractivity contribution < 1.29 is 95.3 Å². The minimum absolute atomic E-state index is 0.0450. The Hall–Kier alpha value is -4.85. The number of hydrogen-bond donors (Lipinski definition) is 0. The first-order valence-corrected chi connectivity index (χ1v) is 31.7. The largest absolute Gasteiger partial charge is 0.466 e. The van der Waals surface area contributed by atoms with Gasteiger partial charge < -0.3 is 52.1 Å². The molecule has 0 aromatic rings. The highest BCUT2D eigenvalue weighted by Crippen LogP contribution is 2.40. The van der Waals surface area contributed by atoms with E-state index in [0.29, 0.717) is 225 Å². The molecular weight excluding hydrogens is 1060 g/mol. The fourth-order valence-electron chi connectivity index (χ4n) is 10.0. The molecule has 20 heteroatoms. The molecule has 4 aliphatic rings. The van der Waals surface area contributed by atoms with E-state index in [4.69, 9.17) is 52.1 Å². The summed E-state index contributed by atoms with van der Waals surface area (Å²) in [6, 6.07) is 0. The summed E-state index contributed by atoms with van der Waals surface area (Å²) in [7, 11) is 0. The van der Waals surface area contributed by atoms with E-state index in [1.54, 1.807) is 0 Å². The Labute approximate surface area is 487 Å². The van der Waals surface area contributed by atoms with Crippen molar-refractivity contribution in [3.05, 3.63) is 0 Å². The van der Waals surface area contributed by atoms with Crippen molar-refractivity contribution in [1.82, 2.24) is 0 Å². The maximum absolute atomic E-state index is 12.2. The van der Waals surface area contributed by atoms with Crippen LogP contribution in [0.5, 0.6) is 0 Å². The third kappa shape index (κ3) is 36.7. The second kappa shape index (κ2) is 44.6. The van der Waals surface area contributed by atoms with Crippen molar-refractivity contribution >= 4 is 53.7 Å². The van der Waals surface area contributed by atoms with Crippen LogP contribution in [0.1, 0.15) is 244 Å². The van der Waals surface area contributed by atoms with E-state index in [2.05, 4.69) is 0 Å². The zero-order chi connectivity index (χ0) is 58.7. The lowest BCUT2D eigenvalue weighted by molar-refractivity contribution is -0.150. The van der Waals surface area contributed by atoms with E-state index >= 15 is 0 Å². The maximum Gasteiger partial charge on any atom is 0.309 e. The molecule has 2 aliphatic carbocycles. The van der Waals surface area contributed by atoms with E-state index in [-0.39, 0.29) is 72.2 Å². The molecule has 6 unspecified atom stereocenters. The van der Waals surface area contributed by atoms with Gasteiger partial charge in [0.05, 0.1) is 89.8 Å². The minimum Gasteiger partial charge on any atom is -0.466 e. The number of unbranched alkanes of at least 4 members (excludes halogenated alkanes) is 16. The summed E-state index contributed by atoms with van der Waals surface area (Å²) in [5, 5.41) is 0. The van der Waals surface area contributed by atoms with Gasteiger partial charge in [0.1, 0.15) is 0 Å². The molecule has 2 heterocycles. The molecule has 0 amide bonds. The van der Waals surface area contributed by atoms with Gasteiger partial charge in [-0.15, -0.1) is 0 Å². The Morgan fingerprint density at radius 3 is 0.793 bits per heavy atom. The van der Waals surface area contributed by atoms with E-state index in [1.165, 1.54) is 0 Å². The Morgan fingerprint density at radius 2 is 0.512 bits per heavy atom. The molecular formula is C62H100O20. The summed E-state index contributed by atoms with van der Waals surface area (Å²) < 4.78 is 58.9. The fraction of sp³-hybridized carbons (Fsp3) is 0.855. The van der Waals surface area contributed by atoms with Gasteiger partial charge in [0.2, 0.25) is 0 Å². The van der Waals surface area contributed by atoms with E-state index in [1.807, 2.05) is 0 Å². The van der Waals surface area contributed by atoms with Gasteiger partial charge in [0.25, 0.3) is 0 Å². The minimum atomic E-state index is -0.273. The lowest BCUT2D eigenvalue weighted by Gasteiger charge is -2.18. The standard InChI is InChI=1S/C62H100O20/c63-54(25-9-2-18-38-73-56(65)27-11-4-20-40-75-58(67)29-13-6-22-42-77-60(69)31-15-8-24-44-79-62(71)49-34-36-51-53(46-49)82-51)72-37-17-1-10-26-55(64)74-39-19-3-12-28-57(66)76-41-21-5-14-30-59(68)78-43-23-7-16-32-61(70)80-47-48-33-35-50-52(45-48)81-50/h48-53H,1-47H2. The molecule has 2 saturated heterocycles. The average Bonchev–Trinajstić information content (AvgIpc) is 4.47. The molecule has 82 heavy (non-hydrogen) atoms. The van der Waals surface area contributed by atoms with E-state index in [9.17, 15) is 43.2 Å². The van der Waals surface area contributed by atoms with Crippen LogP contribution in [0.25, 0.3) is 0 Å². The Balaban J connectivity index is 0.770. The number of carbonyl (C=O) groups is 9. The molecule has 0 radical (unpaired) electrons. The summed E-state index contributed by atoms with van der Waals surface area (Å²) in [5.41, 5.74) is 0. The number of esters is 9. The SMILES string of the molecule is O=C(CCCCCOC(=O)CCCCCOC(=O)CCCCCOC(=O)CCCCCOC(=O)C1CCC2OC2C1)OCCCCCC(=O)OCCCCCC(=O)OCCCCCC(=O)OCCCCCC(=O)OCC1CCC2OC2C1. The van der Waals surface area contributed by atoms with Crippen molar-refractivity contribution in [1.29, 1.82) is 0 Å².